The third kappa shape index (κ3) is 3.02. The van der Waals surface area contributed by atoms with Crippen molar-refractivity contribution >= 4 is 5.78 Å². The smallest absolute Gasteiger partial charge is 0.157 e. The van der Waals surface area contributed by atoms with E-state index in [0.29, 0.717) is 23.5 Å². The van der Waals surface area contributed by atoms with Crippen LogP contribution in [0.4, 0.5) is 0 Å². The number of aromatic hydroxyl groups is 1. The van der Waals surface area contributed by atoms with E-state index in [1.807, 2.05) is 12.1 Å². The van der Waals surface area contributed by atoms with Crippen molar-refractivity contribution in [1.82, 2.24) is 5.01 Å². The fourth-order valence-corrected chi connectivity index (χ4v) is 6.55. The molecule has 0 amide bonds. The van der Waals surface area contributed by atoms with Gasteiger partial charge >= 0.3 is 0 Å². The van der Waals surface area contributed by atoms with E-state index >= 15 is 0 Å². The predicted octanol–water partition coefficient (Wildman–Crippen LogP) is 3.04. The van der Waals surface area contributed by atoms with E-state index in [-0.39, 0.29) is 23.7 Å². The molecule has 0 aliphatic heterocycles. The number of Topliss-reactive ketones (excluding diaryl/α,β-unsaturated/α-hetero) is 1. The third-order valence-electron chi connectivity index (χ3n) is 7.71. The highest BCUT2D eigenvalue weighted by atomic mass is 16.3. The summed E-state index contributed by atoms with van der Waals surface area (Å²) in [4.78, 5) is 13.0. The molecule has 146 valence electrons. The molecule has 0 bridgehead atoms. The van der Waals surface area contributed by atoms with Crippen molar-refractivity contribution in [2.45, 2.75) is 51.4 Å². The van der Waals surface area contributed by atoms with Crippen LogP contribution in [0.15, 0.2) is 30.6 Å². The normalized spacial score (nSPS) is 34.7. The summed E-state index contributed by atoms with van der Waals surface area (Å²) in [6.45, 7) is 2.58. The minimum absolute atomic E-state index is 0.0833. The average Bonchev–Trinajstić information content (AvgIpc) is 2.98. The van der Waals surface area contributed by atoms with Crippen molar-refractivity contribution in [3.05, 3.63) is 41.7 Å². The van der Waals surface area contributed by atoms with Gasteiger partial charge in [-0.2, -0.15) is 0 Å². The molecule has 0 radical (unpaired) electrons. The van der Waals surface area contributed by atoms with Crippen molar-refractivity contribution in [3.8, 4) is 5.75 Å². The monoisotopic (exact) mass is 369 g/mol. The number of phenolic OH excluding ortho intramolecular Hbond substituents is 1. The van der Waals surface area contributed by atoms with Gasteiger partial charge in [-0.25, -0.2) is 5.84 Å². The molecular formula is C22H31N3O2. The first-order valence-corrected chi connectivity index (χ1v) is 10.2. The second-order valence-electron chi connectivity index (χ2n) is 8.95. The van der Waals surface area contributed by atoms with Crippen LogP contribution in [0.1, 0.15) is 56.1 Å². The fourth-order valence-electron chi connectivity index (χ4n) is 6.55. The molecule has 0 heterocycles. The van der Waals surface area contributed by atoms with Crippen LogP contribution >= 0.6 is 0 Å². The SMILES string of the molecule is CC12CCC3c4ccc(O)cc4CCC3C1CCC2C(=O)CN(N)/C=C\N. The standard InChI is InChI=1S/C22H31N3O2/c1-22-9-8-17-16-5-3-15(26)12-14(16)2-4-18(17)19(22)6-7-20(22)21(27)13-25(24)11-10-23/h3,5,10-12,17-20,26H,2,4,6-9,13,23-24H2,1H3/b11-10-. The summed E-state index contributed by atoms with van der Waals surface area (Å²) in [5, 5.41) is 11.2. The molecule has 5 nitrogen and oxygen atoms in total. The lowest BCUT2D eigenvalue weighted by atomic mass is 9.54. The molecule has 3 aliphatic carbocycles. The minimum Gasteiger partial charge on any atom is -0.508 e. The first-order valence-electron chi connectivity index (χ1n) is 10.2. The molecule has 5 heteroatoms. The highest BCUT2D eigenvalue weighted by Crippen LogP contribution is 2.63. The van der Waals surface area contributed by atoms with Crippen molar-refractivity contribution in [1.29, 1.82) is 0 Å². The van der Waals surface area contributed by atoms with Crippen molar-refractivity contribution < 1.29 is 9.90 Å². The summed E-state index contributed by atoms with van der Waals surface area (Å²) in [5.41, 5.74) is 8.22. The van der Waals surface area contributed by atoms with Gasteiger partial charge in [0.05, 0.1) is 6.54 Å². The Labute approximate surface area is 161 Å². The molecule has 0 spiro atoms. The second-order valence-corrected chi connectivity index (χ2v) is 8.95. The zero-order chi connectivity index (χ0) is 19.2. The van der Waals surface area contributed by atoms with Gasteiger partial charge in [0.15, 0.2) is 5.78 Å². The fraction of sp³-hybridized carbons (Fsp3) is 0.591. The number of nitrogens with two attached hydrogens (primary N) is 2. The van der Waals surface area contributed by atoms with Crippen molar-refractivity contribution in [2.75, 3.05) is 6.54 Å². The number of benzene rings is 1. The predicted molar refractivity (Wildman–Crippen MR) is 105 cm³/mol. The number of aryl methyl sites for hydroxylation is 1. The molecule has 0 saturated heterocycles. The van der Waals surface area contributed by atoms with Crippen molar-refractivity contribution in [3.63, 3.8) is 0 Å². The Balaban J connectivity index is 1.55. The van der Waals surface area contributed by atoms with Gasteiger partial charge in [0.1, 0.15) is 5.75 Å². The number of hydrogen-bond acceptors (Lipinski definition) is 5. The summed E-state index contributed by atoms with van der Waals surface area (Å²) in [6, 6.07) is 5.91. The average molecular weight is 370 g/mol. The Morgan fingerprint density at radius 2 is 2.15 bits per heavy atom. The van der Waals surface area contributed by atoms with E-state index < -0.39 is 0 Å². The van der Waals surface area contributed by atoms with E-state index in [1.54, 1.807) is 6.20 Å². The molecular weight excluding hydrogens is 338 g/mol. The number of carbonyl (C=O) groups excluding carboxylic acids is 1. The summed E-state index contributed by atoms with van der Waals surface area (Å²) in [5.74, 6) is 8.41. The first kappa shape index (κ1) is 18.4. The number of ketones is 1. The van der Waals surface area contributed by atoms with E-state index in [1.165, 1.54) is 28.8 Å². The lowest BCUT2D eigenvalue weighted by molar-refractivity contribution is -0.128. The summed E-state index contributed by atoms with van der Waals surface area (Å²) >= 11 is 0. The number of carbonyl (C=O) groups is 1. The summed E-state index contributed by atoms with van der Waals surface area (Å²) in [6.07, 6.45) is 9.47. The molecule has 4 rings (SSSR count). The molecule has 1 aromatic carbocycles. The minimum atomic E-state index is 0.0833. The molecule has 3 aliphatic rings. The third-order valence-corrected chi connectivity index (χ3v) is 7.71. The first-order chi connectivity index (χ1) is 12.9. The van der Waals surface area contributed by atoms with Crippen LogP contribution < -0.4 is 11.6 Å². The molecule has 1 aromatic rings. The number of nitrogens with zero attached hydrogens (tertiary/aromatic N) is 1. The topological polar surface area (TPSA) is 92.6 Å². The number of rotatable bonds is 4. The van der Waals surface area contributed by atoms with Crippen LogP contribution in [0.25, 0.3) is 0 Å². The van der Waals surface area contributed by atoms with Crippen molar-refractivity contribution in [2.24, 2.45) is 34.7 Å². The highest BCUT2D eigenvalue weighted by Gasteiger charge is 2.56. The van der Waals surface area contributed by atoms with E-state index in [0.717, 1.165) is 32.1 Å². The van der Waals surface area contributed by atoms with Gasteiger partial charge in [0.2, 0.25) is 0 Å². The maximum Gasteiger partial charge on any atom is 0.157 e. The molecule has 5 unspecified atom stereocenters. The maximum absolute atomic E-state index is 13.0. The van der Waals surface area contributed by atoms with Crippen LogP contribution in [0, 0.1) is 23.2 Å². The summed E-state index contributed by atoms with van der Waals surface area (Å²) in [7, 11) is 0. The van der Waals surface area contributed by atoms with Gasteiger partial charge in [-0.15, -0.1) is 0 Å². The van der Waals surface area contributed by atoms with Gasteiger partial charge in [-0.05, 0) is 85.0 Å². The van der Waals surface area contributed by atoms with Gasteiger partial charge in [0.25, 0.3) is 0 Å². The zero-order valence-electron chi connectivity index (χ0n) is 16.1. The van der Waals surface area contributed by atoms with Gasteiger partial charge in [0, 0.05) is 18.3 Å². The van der Waals surface area contributed by atoms with Crippen LogP contribution in [0.5, 0.6) is 5.75 Å². The van der Waals surface area contributed by atoms with Gasteiger partial charge in [-0.3, -0.25) is 4.79 Å². The molecule has 5 atom stereocenters. The molecule has 2 saturated carbocycles. The Kier molecular flexibility index (Phi) is 4.66. The van der Waals surface area contributed by atoms with E-state index in [4.69, 9.17) is 11.6 Å². The molecule has 5 N–H and O–H groups in total. The molecule has 2 fully saturated rings. The van der Waals surface area contributed by atoms with Crippen LogP contribution in [-0.2, 0) is 11.2 Å². The maximum atomic E-state index is 13.0. The Morgan fingerprint density at radius 1 is 1.33 bits per heavy atom. The lowest BCUT2D eigenvalue weighted by Gasteiger charge is -2.50. The Morgan fingerprint density at radius 3 is 2.93 bits per heavy atom. The van der Waals surface area contributed by atoms with Crippen LogP contribution in [0.2, 0.25) is 0 Å². The summed E-state index contributed by atoms with van der Waals surface area (Å²) < 4.78 is 0. The largest absolute Gasteiger partial charge is 0.508 e. The van der Waals surface area contributed by atoms with Gasteiger partial charge < -0.3 is 15.8 Å². The van der Waals surface area contributed by atoms with Gasteiger partial charge in [-0.1, -0.05) is 13.0 Å². The Bertz CT molecular complexity index is 762. The second kappa shape index (κ2) is 6.86. The number of hydrazine groups is 1. The number of hydrogen-bond donors (Lipinski definition) is 3. The number of fused-ring (bicyclic) bond motifs is 5. The lowest BCUT2D eigenvalue weighted by Crippen LogP contribution is -2.46. The highest BCUT2D eigenvalue weighted by molar-refractivity contribution is 5.84. The van der Waals surface area contributed by atoms with Crippen LogP contribution in [0.3, 0.4) is 0 Å². The molecule has 27 heavy (non-hydrogen) atoms. The quantitative estimate of drug-likeness (QED) is 0.560. The number of phenols is 1. The zero-order valence-corrected chi connectivity index (χ0v) is 16.1. The molecule has 0 aromatic heterocycles. The Hall–Kier alpha value is -2.01. The van der Waals surface area contributed by atoms with E-state index in [2.05, 4.69) is 13.0 Å². The van der Waals surface area contributed by atoms with Crippen LogP contribution in [-0.4, -0.2) is 22.4 Å². The van der Waals surface area contributed by atoms with E-state index in [9.17, 15) is 9.90 Å².